The lowest BCUT2D eigenvalue weighted by Gasteiger charge is -2.07. The summed E-state index contributed by atoms with van der Waals surface area (Å²) >= 11 is 0. The van der Waals surface area contributed by atoms with E-state index in [0.29, 0.717) is 11.5 Å². The Bertz CT molecular complexity index is 694. The number of ether oxygens (including phenoxy) is 1. The Kier molecular flexibility index (Phi) is 3.57. The summed E-state index contributed by atoms with van der Waals surface area (Å²) in [6.45, 7) is 1.73. The van der Waals surface area contributed by atoms with Crippen molar-refractivity contribution >= 4 is 9.84 Å². The monoisotopic (exact) mass is 285 g/mol. The maximum Gasteiger partial charge on any atom is 0.175 e. The third kappa shape index (κ3) is 3.31. The number of hydrogen-bond donors (Lipinski definition) is 0. The van der Waals surface area contributed by atoms with Crippen LogP contribution < -0.4 is 4.74 Å². The molecule has 1 heterocycles. The van der Waals surface area contributed by atoms with Crippen LogP contribution in [0.2, 0.25) is 0 Å². The van der Waals surface area contributed by atoms with E-state index in [1.165, 1.54) is 6.07 Å². The van der Waals surface area contributed by atoms with Crippen molar-refractivity contribution in [2.75, 3.05) is 6.26 Å². The highest BCUT2D eigenvalue weighted by Gasteiger charge is 2.12. The molecule has 2 aromatic rings. The summed E-state index contributed by atoms with van der Waals surface area (Å²) in [5.41, 5.74) is 0.502. The van der Waals surface area contributed by atoms with Crippen molar-refractivity contribution in [3.05, 3.63) is 41.5 Å². The van der Waals surface area contributed by atoms with E-state index in [1.807, 2.05) is 0 Å². The van der Waals surface area contributed by atoms with Gasteiger partial charge in [-0.1, -0.05) is 5.16 Å². The van der Waals surface area contributed by atoms with Gasteiger partial charge in [0, 0.05) is 18.4 Å². The summed E-state index contributed by atoms with van der Waals surface area (Å²) in [5, 5.41) is 3.69. The quantitative estimate of drug-likeness (QED) is 0.805. The van der Waals surface area contributed by atoms with Gasteiger partial charge in [-0.3, -0.25) is 0 Å². The summed E-state index contributed by atoms with van der Waals surface area (Å²) in [6, 6.07) is 5.05. The summed E-state index contributed by atoms with van der Waals surface area (Å²) in [7, 11) is -3.40. The van der Waals surface area contributed by atoms with Gasteiger partial charge in [0.25, 0.3) is 0 Å². The Labute approximate surface area is 109 Å². The summed E-state index contributed by atoms with van der Waals surface area (Å²) in [4.78, 5) is 0.000216. The first kappa shape index (κ1) is 13.5. The molecule has 0 fully saturated rings. The minimum absolute atomic E-state index is 0.000216. The molecule has 0 N–H and O–H groups in total. The molecule has 0 unspecified atom stereocenters. The molecule has 2 rings (SSSR count). The second-order valence-corrected chi connectivity index (χ2v) is 6.10. The van der Waals surface area contributed by atoms with Crippen LogP contribution in [0.3, 0.4) is 0 Å². The molecule has 5 nitrogen and oxygen atoms in total. The van der Waals surface area contributed by atoms with Crippen molar-refractivity contribution in [2.45, 2.75) is 18.4 Å². The van der Waals surface area contributed by atoms with E-state index < -0.39 is 15.7 Å². The Morgan fingerprint density at radius 1 is 1.37 bits per heavy atom. The topological polar surface area (TPSA) is 69.4 Å². The van der Waals surface area contributed by atoms with Crippen LogP contribution in [0.25, 0.3) is 0 Å². The zero-order valence-corrected chi connectivity index (χ0v) is 11.2. The number of benzene rings is 1. The standard InChI is InChI=1S/C12H12FNO4S/c1-8-5-9(14-18-8)7-17-12-6-10(19(2,15)16)3-4-11(12)13/h3-6H,7H2,1-2H3. The van der Waals surface area contributed by atoms with Crippen molar-refractivity contribution in [3.63, 3.8) is 0 Å². The molecule has 0 spiro atoms. The minimum atomic E-state index is -3.40. The van der Waals surface area contributed by atoms with Crippen molar-refractivity contribution in [1.29, 1.82) is 0 Å². The van der Waals surface area contributed by atoms with Crippen LogP contribution in [0.5, 0.6) is 5.75 Å². The summed E-state index contributed by atoms with van der Waals surface area (Å²) in [5.74, 6) is -0.153. The fourth-order valence-electron chi connectivity index (χ4n) is 1.46. The van der Waals surface area contributed by atoms with Crippen molar-refractivity contribution in [2.24, 2.45) is 0 Å². The largest absolute Gasteiger partial charge is 0.484 e. The minimum Gasteiger partial charge on any atom is -0.484 e. The molecule has 0 atom stereocenters. The van der Waals surface area contributed by atoms with Crippen LogP contribution in [0, 0.1) is 12.7 Å². The van der Waals surface area contributed by atoms with E-state index in [2.05, 4.69) is 5.16 Å². The number of sulfone groups is 1. The molecule has 0 aliphatic heterocycles. The number of hydrogen-bond acceptors (Lipinski definition) is 5. The van der Waals surface area contributed by atoms with Crippen LogP contribution in [0.4, 0.5) is 4.39 Å². The zero-order valence-electron chi connectivity index (χ0n) is 10.4. The normalized spacial score (nSPS) is 11.5. The van der Waals surface area contributed by atoms with Crippen molar-refractivity contribution in [1.82, 2.24) is 5.16 Å². The van der Waals surface area contributed by atoms with Gasteiger partial charge in [-0.2, -0.15) is 0 Å². The van der Waals surface area contributed by atoms with Crippen LogP contribution >= 0.6 is 0 Å². The van der Waals surface area contributed by atoms with Crippen molar-refractivity contribution < 1.29 is 22.1 Å². The van der Waals surface area contributed by atoms with Gasteiger partial charge in [0.2, 0.25) is 0 Å². The van der Waals surface area contributed by atoms with E-state index in [-0.39, 0.29) is 17.3 Å². The number of nitrogens with zero attached hydrogens (tertiary/aromatic N) is 1. The van der Waals surface area contributed by atoms with Crippen LogP contribution in [-0.4, -0.2) is 19.8 Å². The Hall–Kier alpha value is -1.89. The first-order chi connectivity index (χ1) is 8.86. The van der Waals surface area contributed by atoms with Gasteiger partial charge in [-0.25, -0.2) is 12.8 Å². The second-order valence-electron chi connectivity index (χ2n) is 4.08. The van der Waals surface area contributed by atoms with E-state index in [4.69, 9.17) is 9.26 Å². The van der Waals surface area contributed by atoms with Crippen LogP contribution in [0.15, 0.2) is 33.7 Å². The molecule has 0 saturated carbocycles. The molecule has 0 saturated heterocycles. The average molecular weight is 285 g/mol. The fraction of sp³-hybridized carbons (Fsp3) is 0.250. The molecule has 0 aliphatic rings. The van der Waals surface area contributed by atoms with Gasteiger partial charge >= 0.3 is 0 Å². The lowest BCUT2D eigenvalue weighted by molar-refractivity contribution is 0.274. The number of aryl methyl sites for hydroxylation is 1. The van der Waals surface area contributed by atoms with Gasteiger partial charge in [0.15, 0.2) is 21.4 Å². The average Bonchev–Trinajstić information content (AvgIpc) is 2.72. The maximum atomic E-state index is 13.5. The molecule has 0 aliphatic carbocycles. The summed E-state index contributed by atoms with van der Waals surface area (Å²) < 4.78 is 46.3. The van der Waals surface area contributed by atoms with E-state index >= 15 is 0 Å². The molecular formula is C12H12FNO4S. The van der Waals surface area contributed by atoms with E-state index in [1.54, 1.807) is 13.0 Å². The van der Waals surface area contributed by atoms with Gasteiger partial charge in [0.1, 0.15) is 18.1 Å². The molecule has 0 amide bonds. The smallest absolute Gasteiger partial charge is 0.175 e. The lowest BCUT2D eigenvalue weighted by Crippen LogP contribution is -2.01. The molecule has 0 radical (unpaired) electrons. The molecule has 7 heteroatoms. The molecule has 19 heavy (non-hydrogen) atoms. The predicted octanol–water partition coefficient (Wildman–Crippen LogP) is 2.10. The molecular weight excluding hydrogens is 273 g/mol. The zero-order chi connectivity index (χ0) is 14.0. The highest BCUT2D eigenvalue weighted by molar-refractivity contribution is 7.90. The van der Waals surface area contributed by atoms with E-state index in [9.17, 15) is 12.8 Å². The lowest BCUT2D eigenvalue weighted by atomic mass is 10.3. The number of halogens is 1. The van der Waals surface area contributed by atoms with Gasteiger partial charge in [-0.05, 0) is 19.1 Å². The van der Waals surface area contributed by atoms with Gasteiger partial charge in [0.05, 0.1) is 4.90 Å². The first-order valence-electron chi connectivity index (χ1n) is 5.41. The SMILES string of the molecule is Cc1cc(COc2cc(S(C)(=O)=O)ccc2F)no1. The maximum absolute atomic E-state index is 13.5. The molecule has 1 aromatic heterocycles. The predicted molar refractivity (Wildman–Crippen MR) is 65.1 cm³/mol. The summed E-state index contributed by atoms with van der Waals surface area (Å²) in [6.07, 6.45) is 1.05. The third-order valence-electron chi connectivity index (χ3n) is 2.38. The fourth-order valence-corrected chi connectivity index (χ4v) is 2.10. The van der Waals surface area contributed by atoms with Gasteiger partial charge < -0.3 is 9.26 Å². The number of aromatic nitrogens is 1. The number of rotatable bonds is 4. The second kappa shape index (κ2) is 5.00. The molecule has 0 bridgehead atoms. The first-order valence-corrected chi connectivity index (χ1v) is 7.30. The Morgan fingerprint density at radius 2 is 2.11 bits per heavy atom. The van der Waals surface area contributed by atoms with Crippen LogP contribution in [-0.2, 0) is 16.4 Å². The highest BCUT2D eigenvalue weighted by atomic mass is 32.2. The highest BCUT2D eigenvalue weighted by Crippen LogP contribution is 2.22. The van der Waals surface area contributed by atoms with Crippen molar-refractivity contribution in [3.8, 4) is 5.75 Å². The molecule has 102 valence electrons. The Balaban J connectivity index is 2.20. The third-order valence-corrected chi connectivity index (χ3v) is 3.49. The van der Waals surface area contributed by atoms with Crippen LogP contribution in [0.1, 0.15) is 11.5 Å². The van der Waals surface area contributed by atoms with Gasteiger partial charge in [-0.15, -0.1) is 0 Å². The Morgan fingerprint density at radius 3 is 2.68 bits per heavy atom. The van der Waals surface area contributed by atoms with E-state index in [0.717, 1.165) is 18.4 Å². The molecule has 1 aromatic carbocycles.